The molecule has 0 radical (unpaired) electrons. The molecule has 33 heavy (non-hydrogen) atoms. The molecule has 5 nitrogen and oxygen atoms in total. The lowest BCUT2D eigenvalue weighted by molar-refractivity contribution is -0.140. The van der Waals surface area contributed by atoms with Crippen LogP contribution < -0.4 is 5.32 Å². The van der Waals surface area contributed by atoms with Crippen molar-refractivity contribution in [1.82, 2.24) is 10.2 Å². The molecule has 1 fully saturated rings. The van der Waals surface area contributed by atoms with Crippen LogP contribution in [0.5, 0.6) is 0 Å². The molecule has 0 saturated carbocycles. The number of carbonyl (C=O) groups excluding carboxylic acids is 2. The van der Waals surface area contributed by atoms with Crippen LogP contribution >= 0.6 is 11.6 Å². The first kappa shape index (κ1) is 28.7. The van der Waals surface area contributed by atoms with Gasteiger partial charge in [0.15, 0.2) is 0 Å². The van der Waals surface area contributed by atoms with E-state index in [9.17, 15) is 14.7 Å². The summed E-state index contributed by atoms with van der Waals surface area (Å²) in [6, 6.07) is 6.34. The number of likely N-dealkylation sites (tertiary alicyclic amines) is 1. The molecule has 6 heteroatoms. The van der Waals surface area contributed by atoms with E-state index in [2.05, 4.69) is 18.5 Å². The molecule has 1 aliphatic rings. The fraction of sp³-hybridized carbons (Fsp3) is 0.481. The minimum Gasteiger partial charge on any atom is -0.394 e. The highest BCUT2D eigenvalue weighted by atomic mass is 35.5. The highest BCUT2D eigenvalue weighted by Gasteiger charge is 2.36. The van der Waals surface area contributed by atoms with E-state index in [1.807, 2.05) is 58.9 Å². The third kappa shape index (κ3) is 8.49. The van der Waals surface area contributed by atoms with Crippen LogP contribution in [0.25, 0.3) is 5.57 Å². The molecule has 0 spiro atoms. The summed E-state index contributed by atoms with van der Waals surface area (Å²) in [6.45, 7) is 17.8. The van der Waals surface area contributed by atoms with Gasteiger partial charge in [0.25, 0.3) is 0 Å². The quantitative estimate of drug-likeness (QED) is 0.481. The zero-order valence-corrected chi connectivity index (χ0v) is 21.4. The fourth-order valence-electron chi connectivity index (χ4n) is 3.75. The van der Waals surface area contributed by atoms with Crippen molar-refractivity contribution in [3.63, 3.8) is 0 Å². The average Bonchev–Trinajstić information content (AvgIpc) is 3.26. The van der Waals surface area contributed by atoms with Gasteiger partial charge in [0.2, 0.25) is 11.8 Å². The smallest absolute Gasteiger partial charge is 0.243 e. The average molecular weight is 475 g/mol. The first-order chi connectivity index (χ1) is 15.6. The molecule has 1 aromatic carbocycles. The number of benzene rings is 1. The number of amides is 2. The molecule has 182 valence electrons. The standard InChI is InChI=1S/C25H33ClN2O3.C2H6/c1-6-8-20(17(2)26)18-10-12-19(13-11-18)21(16-29)27-24(31)22-9-7-14-28(22)23(30)15-25(3,4)5;1-2/h6,8,10-13,21-22,29H,1-2,7,9,14-16H2,3-5H3,(H,27,31);1-2H3/b20-8+;. The second kappa shape index (κ2) is 13.4. The summed E-state index contributed by atoms with van der Waals surface area (Å²) < 4.78 is 0. The summed E-state index contributed by atoms with van der Waals surface area (Å²) in [5, 5.41) is 13.2. The van der Waals surface area contributed by atoms with Gasteiger partial charge in [-0.25, -0.2) is 0 Å². The van der Waals surface area contributed by atoms with Gasteiger partial charge in [-0.3, -0.25) is 9.59 Å². The van der Waals surface area contributed by atoms with Gasteiger partial charge in [-0.15, -0.1) is 0 Å². The molecule has 2 rings (SSSR count). The van der Waals surface area contributed by atoms with E-state index in [0.29, 0.717) is 24.4 Å². The molecule has 1 saturated heterocycles. The molecule has 2 amide bonds. The van der Waals surface area contributed by atoms with Crippen LogP contribution in [0.4, 0.5) is 0 Å². The molecule has 2 atom stereocenters. The summed E-state index contributed by atoms with van der Waals surface area (Å²) in [7, 11) is 0. The van der Waals surface area contributed by atoms with Crippen molar-refractivity contribution < 1.29 is 14.7 Å². The van der Waals surface area contributed by atoms with Gasteiger partial charge < -0.3 is 15.3 Å². The maximum atomic E-state index is 13.0. The summed E-state index contributed by atoms with van der Waals surface area (Å²) >= 11 is 6.07. The van der Waals surface area contributed by atoms with E-state index in [-0.39, 0.29) is 23.8 Å². The second-order valence-electron chi connectivity index (χ2n) is 9.07. The molecular weight excluding hydrogens is 436 g/mol. The first-order valence-electron chi connectivity index (χ1n) is 11.6. The number of nitrogens with one attached hydrogen (secondary N) is 1. The molecule has 2 N–H and O–H groups in total. The third-order valence-corrected chi connectivity index (χ3v) is 5.46. The van der Waals surface area contributed by atoms with Gasteiger partial charge in [0, 0.05) is 18.0 Å². The number of halogens is 1. The Hall–Kier alpha value is -2.37. The zero-order chi connectivity index (χ0) is 25.2. The normalized spacial score (nSPS) is 17.0. The Morgan fingerprint density at radius 2 is 1.88 bits per heavy atom. The van der Waals surface area contributed by atoms with Crippen LogP contribution in [-0.4, -0.2) is 41.0 Å². The SMILES string of the molecule is C=C/C=C(\C(=C)Cl)c1ccc(C(CO)NC(=O)C2CCCN2C(=O)CC(C)(C)C)cc1.CC. The van der Waals surface area contributed by atoms with Crippen LogP contribution in [0.1, 0.15) is 71.0 Å². The van der Waals surface area contributed by atoms with Crippen molar-refractivity contribution in [1.29, 1.82) is 0 Å². The predicted octanol–water partition coefficient (Wildman–Crippen LogP) is 5.61. The largest absolute Gasteiger partial charge is 0.394 e. The second-order valence-corrected chi connectivity index (χ2v) is 9.53. The Bertz CT molecular complexity index is 853. The molecule has 0 aliphatic carbocycles. The summed E-state index contributed by atoms with van der Waals surface area (Å²) in [5.74, 6) is -0.234. The molecule has 1 aromatic rings. The highest BCUT2D eigenvalue weighted by molar-refractivity contribution is 6.36. The maximum Gasteiger partial charge on any atom is 0.243 e. The van der Waals surface area contributed by atoms with Crippen molar-refractivity contribution in [2.45, 2.75) is 66.0 Å². The first-order valence-corrected chi connectivity index (χ1v) is 11.9. The fourth-order valence-corrected chi connectivity index (χ4v) is 3.92. The Morgan fingerprint density at radius 3 is 2.36 bits per heavy atom. The van der Waals surface area contributed by atoms with Crippen LogP contribution in [-0.2, 0) is 9.59 Å². The highest BCUT2D eigenvalue weighted by Crippen LogP contribution is 2.27. The number of carbonyl (C=O) groups is 2. The number of allylic oxidation sites excluding steroid dienone is 4. The molecule has 0 aromatic heterocycles. The summed E-state index contributed by atoms with van der Waals surface area (Å²) in [4.78, 5) is 27.3. The minimum absolute atomic E-state index is 0.00195. The van der Waals surface area contributed by atoms with Crippen LogP contribution in [0.15, 0.2) is 54.6 Å². The number of aliphatic hydroxyl groups is 1. The van der Waals surface area contributed by atoms with Crippen molar-refractivity contribution in [3.05, 3.63) is 65.7 Å². The molecule has 0 bridgehead atoms. The van der Waals surface area contributed by atoms with Crippen molar-refractivity contribution in [2.24, 2.45) is 5.41 Å². The molecule has 2 unspecified atom stereocenters. The van der Waals surface area contributed by atoms with E-state index in [0.717, 1.165) is 23.1 Å². The lowest BCUT2D eigenvalue weighted by atomic mass is 9.91. The van der Waals surface area contributed by atoms with E-state index in [1.165, 1.54) is 0 Å². The van der Waals surface area contributed by atoms with E-state index in [4.69, 9.17) is 11.6 Å². The van der Waals surface area contributed by atoms with Crippen molar-refractivity contribution in [2.75, 3.05) is 13.2 Å². The number of hydrogen-bond acceptors (Lipinski definition) is 3. The topological polar surface area (TPSA) is 69.6 Å². The number of aliphatic hydroxyl groups excluding tert-OH is 1. The lowest BCUT2D eigenvalue weighted by Crippen LogP contribution is -2.48. The summed E-state index contributed by atoms with van der Waals surface area (Å²) in [5.41, 5.74) is 2.25. The van der Waals surface area contributed by atoms with Gasteiger partial charge in [-0.1, -0.05) is 95.8 Å². The van der Waals surface area contributed by atoms with Gasteiger partial charge in [-0.2, -0.15) is 0 Å². The van der Waals surface area contributed by atoms with Crippen LogP contribution in [0, 0.1) is 5.41 Å². The maximum absolute atomic E-state index is 13.0. The van der Waals surface area contributed by atoms with Crippen LogP contribution in [0.3, 0.4) is 0 Å². The predicted molar refractivity (Wildman–Crippen MR) is 138 cm³/mol. The monoisotopic (exact) mass is 474 g/mol. The summed E-state index contributed by atoms with van der Waals surface area (Å²) in [6.07, 6.45) is 5.24. The Labute approximate surface area is 204 Å². The third-order valence-electron chi connectivity index (χ3n) is 5.26. The van der Waals surface area contributed by atoms with Crippen LogP contribution in [0.2, 0.25) is 0 Å². The van der Waals surface area contributed by atoms with Gasteiger partial charge in [0.1, 0.15) is 6.04 Å². The molecular formula is C27H39ClN2O3. The van der Waals surface area contributed by atoms with Gasteiger partial charge >= 0.3 is 0 Å². The van der Waals surface area contributed by atoms with Gasteiger partial charge in [0.05, 0.1) is 12.6 Å². The number of rotatable bonds is 8. The number of hydrogen-bond donors (Lipinski definition) is 2. The lowest BCUT2D eigenvalue weighted by Gasteiger charge is -2.29. The Balaban J connectivity index is 0.00000265. The van der Waals surface area contributed by atoms with E-state index in [1.54, 1.807) is 17.1 Å². The van der Waals surface area contributed by atoms with E-state index >= 15 is 0 Å². The number of nitrogens with zero attached hydrogens (tertiary/aromatic N) is 1. The zero-order valence-electron chi connectivity index (χ0n) is 20.7. The minimum atomic E-state index is -0.562. The van der Waals surface area contributed by atoms with Crippen molar-refractivity contribution >= 4 is 29.0 Å². The Kier molecular flexibility index (Phi) is 11.6. The molecule has 1 heterocycles. The van der Waals surface area contributed by atoms with Crippen molar-refractivity contribution in [3.8, 4) is 0 Å². The molecule has 1 aliphatic heterocycles. The van der Waals surface area contributed by atoms with E-state index < -0.39 is 12.1 Å². The Morgan fingerprint density at radius 1 is 1.27 bits per heavy atom. The van der Waals surface area contributed by atoms with Gasteiger partial charge in [-0.05, 0) is 35.0 Å².